The predicted molar refractivity (Wildman–Crippen MR) is 64.1 cm³/mol. The van der Waals surface area contributed by atoms with Crippen LogP contribution in [-0.2, 0) is 14.9 Å². The lowest BCUT2D eigenvalue weighted by molar-refractivity contribution is 0.0703. The van der Waals surface area contributed by atoms with Gasteiger partial charge in [-0.15, -0.1) is 11.3 Å². The summed E-state index contributed by atoms with van der Waals surface area (Å²) in [6.07, 6.45) is -1.17. The van der Waals surface area contributed by atoms with Gasteiger partial charge in [-0.25, -0.2) is 14.3 Å². The molecule has 0 spiro atoms. The van der Waals surface area contributed by atoms with Gasteiger partial charge in [0, 0.05) is 0 Å². The number of aryl methyl sites for hydroxylation is 1. The minimum Gasteiger partial charge on any atom is -0.477 e. The van der Waals surface area contributed by atoms with E-state index in [0.717, 1.165) is 18.4 Å². The zero-order chi connectivity index (χ0) is 13.9. The Balaban J connectivity index is 3.01. The van der Waals surface area contributed by atoms with Crippen LogP contribution in [0.25, 0.3) is 0 Å². The molecule has 0 unspecified atom stereocenters. The summed E-state index contributed by atoms with van der Waals surface area (Å²) in [5.41, 5.74) is 0.358. The van der Waals surface area contributed by atoms with Crippen LogP contribution >= 0.6 is 11.3 Å². The molecule has 100 valence electrons. The lowest BCUT2D eigenvalue weighted by Crippen LogP contribution is -2.35. The van der Waals surface area contributed by atoms with E-state index in [0.29, 0.717) is 5.56 Å². The van der Waals surface area contributed by atoms with Crippen molar-refractivity contribution in [1.29, 1.82) is 0 Å². The number of aromatic carboxylic acids is 1. The standard InChI is InChI=1S/C8H10N2O6S2/c1-4-3-17-6(7(11)12)5(4)9-18(14,15)10-8(13)16-2/h3,9H,1-2H3,(H,10,13)(H,11,12). The number of nitrogens with one attached hydrogen (secondary N) is 2. The molecule has 18 heavy (non-hydrogen) atoms. The van der Waals surface area contributed by atoms with Gasteiger partial charge in [0.2, 0.25) is 0 Å². The van der Waals surface area contributed by atoms with E-state index < -0.39 is 22.3 Å². The molecule has 0 aromatic carbocycles. The summed E-state index contributed by atoms with van der Waals surface area (Å²) >= 11 is 0.879. The van der Waals surface area contributed by atoms with Gasteiger partial charge in [0.1, 0.15) is 4.88 Å². The monoisotopic (exact) mass is 294 g/mol. The molecular weight excluding hydrogens is 284 g/mol. The Hall–Kier alpha value is -1.81. The molecule has 8 nitrogen and oxygen atoms in total. The Labute approximate surface area is 107 Å². The Morgan fingerprint density at radius 1 is 1.44 bits per heavy atom. The van der Waals surface area contributed by atoms with Crippen molar-refractivity contribution < 1.29 is 27.9 Å². The molecule has 0 radical (unpaired) electrons. The zero-order valence-corrected chi connectivity index (χ0v) is 11.0. The van der Waals surface area contributed by atoms with E-state index in [1.165, 1.54) is 5.38 Å². The second kappa shape index (κ2) is 5.23. The molecule has 1 heterocycles. The van der Waals surface area contributed by atoms with E-state index in [1.54, 1.807) is 11.6 Å². The van der Waals surface area contributed by atoms with E-state index in [-0.39, 0.29) is 10.6 Å². The van der Waals surface area contributed by atoms with Gasteiger partial charge in [0.25, 0.3) is 0 Å². The first kappa shape index (κ1) is 14.3. The summed E-state index contributed by atoms with van der Waals surface area (Å²) in [7, 11) is -3.22. The lowest BCUT2D eigenvalue weighted by Gasteiger charge is -2.09. The zero-order valence-electron chi connectivity index (χ0n) is 9.38. The SMILES string of the molecule is COC(=O)NS(=O)(=O)Nc1c(C)csc1C(=O)O. The molecule has 3 N–H and O–H groups in total. The van der Waals surface area contributed by atoms with Gasteiger partial charge >= 0.3 is 22.3 Å². The number of amides is 1. The van der Waals surface area contributed by atoms with E-state index in [9.17, 15) is 18.0 Å². The fourth-order valence-corrected chi connectivity index (χ4v) is 2.83. The number of hydrogen-bond donors (Lipinski definition) is 3. The minimum absolute atomic E-state index is 0.0797. The third-order valence-corrected chi connectivity index (χ3v) is 3.80. The van der Waals surface area contributed by atoms with Crippen molar-refractivity contribution in [2.45, 2.75) is 6.92 Å². The predicted octanol–water partition coefficient (Wildman–Crippen LogP) is 0.767. The van der Waals surface area contributed by atoms with Crippen LogP contribution in [0.2, 0.25) is 0 Å². The molecule has 0 saturated carbocycles. The molecule has 1 aromatic heterocycles. The van der Waals surface area contributed by atoms with Gasteiger partial charge in [0.15, 0.2) is 0 Å². The number of carboxylic acids is 1. The van der Waals surface area contributed by atoms with Crippen molar-refractivity contribution in [2.75, 3.05) is 11.8 Å². The van der Waals surface area contributed by atoms with Crippen LogP contribution in [0.15, 0.2) is 5.38 Å². The normalized spacial score (nSPS) is 10.8. The average Bonchev–Trinajstić information content (AvgIpc) is 2.59. The van der Waals surface area contributed by atoms with E-state index >= 15 is 0 Å². The lowest BCUT2D eigenvalue weighted by atomic mass is 10.3. The van der Waals surface area contributed by atoms with Gasteiger partial charge in [-0.2, -0.15) is 8.42 Å². The smallest absolute Gasteiger partial charge is 0.422 e. The van der Waals surface area contributed by atoms with Crippen LogP contribution in [0, 0.1) is 6.92 Å². The fourth-order valence-electron chi connectivity index (χ4n) is 1.04. The van der Waals surface area contributed by atoms with Gasteiger partial charge in [-0.3, -0.25) is 4.72 Å². The Kier molecular flexibility index (Phi) is 4.14. The Morgan fingerprint density at radius 3 is 2.56 bits per heavy atom. The number of hydrogen-bond acceptors (Lipinski definition) is 6. The molecule has 0 aliphatic rings. The molecule has 0 saturated heterocycles. The number of carbonyl (C=O) groups excluding carboxylic acids is 1. The molecule has 0 fully saturated rings. The van der Waals surface area contributed by atoms with Gasteiger partial charge in [-0.05, 0) is 17.9 Å². The highest BCUT2D eigenvalue weighted by molar-refractivity contribution is 7.91. The highest BCUT2D eigenvalue weighted by Gasteiger charge is 2.21. The van der Waals surface area contributed by atoms with Crippen molar-refractivity contribution in [3.63, 3.8) is 0 Å². The maximum absolute atomic E-state index is 11.5. The highest BCUT2D eigenvalue weighted by Crippen LogP contribution is 2.28. The van der Waals surface area contributed by atoms with Crippen molar-refractivity contribution in [2.24, 2.45) is 0 Å². The molecule has 0 aliphatic heterocycles. The third-order valence-electron chi connectivity index (χ3n) is 1.81. The van der Waals surface area contributed by atoms with E-state index in [2.05, 4.69) is 4.74 Å². The van der Waals surface area contributed by atoms with Crippen LogP contribution in [0.3, 0.4) is 0 Å². The summed E-state index contributed by atoms with van der Waals surface area (Å²) in [6.45, 7) is 1.54. The van der Waals surface area contributed by atoms with Crippen molar-refractivity contribution in [1.82, 2.24) is 4.72 Å². The van der Waals surface area contributed by atoms with E-state index in [4.69, 9.17) is 5.11 Å². The summed E-state index contributed by atoms with van der Waals surface area (Å²) in [4.78, 5) is 21.5. The number of methoxy groups -OCH3 is 1. The number of ether oxygens (including phenoxy) is 1. The summed E-state index contributed by atoms with van der Waals surface area (Å²) < 4.78 is 30.6. The first-order chi connectivity index (χ1) is 8.26. The maximum Gasteiger partial charge on any atom is 0.422 e. The molecule has 0 aliphatic carbocycles. The summed E-state index contributed by atoms with van der Waals surface area (Å²) in [6, 6.07) is 0. The number of carboxylic acid groups (broad SMARTS) is 1. The van der Waals surface area contributed by atoms with Gasteiger partial charge in [0.05, 0.1) is 12.8 Å². The van der Waals surface area contributed by atoms with Crippen molar-refractivity contribution in [3.05, 3.63) is 15.8 Å². The number of carbonyl (C=O) groups is 2. The van der Waals surface area contributed by atoms with Crippen molar-refractivity contribution in [3.8, 4) is 0 Å². The Bertz CT molecular complexity index is 576. The largest absolute Gasteiger partial charge is 0.477 e. The molecule has 10 heteroatoms. The number of anilines is 1. The molecule has 1 amide bonds. The second-order valence-electron chi connectivity index (χ2n) is 3.13. The second-order valence-corrected chi connectivity index (χ2v) is 5.42. The van der Waals surface area contributed by atoms with Crippen LogP contribution < -0.4 is 9.44 Å². The van der Waals surface area contributed by atoms with Crippen LogP contribution in [0.5, 0.6) is 0 Å². The Morgan fingerprint density at radius 2 is 2.06 bits per heavy atom. The third kappa shape index (κ3) is 3.34. The highest BCUT2D eigenvalue weighted by atomic mass is 32.2. The maximum atomic E-state index is 11.5. The molecule has 1 aromatic rings. The number of thiophene rings is 1. The van der Waals surface area contributed by atoms with Crippen LogP contribution in [0.4, 0.5) is 10.5 Å². The molecule has 0 atom stereocenters. The quantitative estimate of drug-likeness (QED) is 0.754. The van der Waals surface area contributed by atoms with Crippen LogP contribution in [0.1, 0.15) is 15.2 Å². The minimum atomic E-state index is -4.23. The summed E-state index contributed by atoms with van der Waals surface area (Å²) in [5, 5.41) is 10.4. The first-order valence-corrected chi connectivity index (χ1v) is 6.83. The molecular formula is C8H10N2O6S2. The average molecular weight is 294 g/mol. The van der Waals surface area contributed by atoms with Crippen LogP contribution in [-0.4, -0.2) is 32.7 Å². The molecule has 0 bridgehead atoms. The van der Waals surface area contributed by atoms with Crippen molar-refractivity contribution >= 4 is 39.3 Å². The first-order valence-electron chi connectivity index (χ1n) is 4.46. The molecule has 1 rings (SSSR count). The van der Waals surface area contributed by atoms with E-state index in [1.807, 2.05) is 4.72 Å². The number of rotatable bonds is 4. The van der Waals surface area contributed by atoms with Gasteiger partial charge in [-0.1, -0.05) is 0 Å². The topological polar surface area (TPSA) is 122 Å². The fraction of sp³-hybridized carbons (Fsp3) is 0.250. The summed E-state index contributed by atoms with van der Waals surface area (Å²) in [5.74, 6) is -1.26. The van der Waals surface area contributed by atoms with Gasteiger partial charge < -0.3 is 9.84 Å².